The first-order valence-electron chi connectivity index (χ1n) is 11.4. The Morgan fingerprint density at radius 1 is 0.971 bits per heavy atom. The summed E-state index contributed by atoms with van der Waals surface area (Å²) in [5.41, 5.74) is 3.22. The SMILES string of the molecule is Cc1cc(-[s+]2cc(C)c3ccccc32)cc(C)c1OCC(=O)OC(C)(C)C#Cc1ccccc1Br. The Labute approximate surface area is 218 Å². The number of ether oxygens (including phenoxy) is 2. The predicted molar refractivity (Wildman–Crippen MR) is 149 cm³/mol. The van der Waals surface area contributed by atoms with Crippen molar-refractivity contribution in [1.82, 2.24) is 0 Å². The van der Waals surface area contributed by atoms with Gasteiger partial charge in [0, 0.05) is 43.6 Å². The van der Waals surface area contributed by atoms with E-state index in [4.69, 9.17) is 9.47 Å². The molecule has 1 aromatic heterocycles. The minimum absolute atomic E-state index is 0.0985. The van der Waals surface area contributed by atoms with Crippen LogP contribution in [0.4, 0.5) is 0 Å². The zero-order chi connectivity index (χ0) is 25.2. The van der Waals surface area contributed by atoms with Crippen molar-refractivity contribution in [3.05, 3.63) is 92.8 Å². The van der Waals surface area contributed by atoms with Crippen LogP contribution < -0.4 is 4.74 Å². The van der Waals surface area contributed by atoms with E-state index in [1.54, 1.807) is 13.8 Å². The van der Waals surface area contributed by atoms with Crippen LogP contribution in [0, 0.1) is 32.6 Å². The maximum Gasteiger partial charge on any atom is 0.345 e. The van der Waals surface area contributed by atoms with Gasteiger partial charge in [-0.2, -0.15) is 0 Å². The smallest absolute Gasteiger partial charge is 0.345 e. The molecule has 3 nitrogen and oxygen atoms in total. The maximum absolute atomic E-state index is 12.6. The number of rotatable bonds is 5. The summed E-state index contributed by atoms with van der Waals surface area (Å²) in [6.07, 6.45) is 0. The van der Waals surface area contributed by atoms with Gasteiger partial charge in [0.15, 0.2) is 21.8 Å². The molecule has 0 saturated heterocycles. The minimum Gasteiger partial charge on any atom is -0.481 e. The summed E-state index contributed by atoms with van der Waals surface area (Å²) in [4.78, 5) is 13.8. The van der Waals surface area contributed by atoms with Crippen molar-refractivity contribution in [3.8, 4) is 22.5 Å². The van der Waals surface area contributed by atoms with Gasteiger partial charge < -0.3 is 9.47 Å². The standard InChI is InChI=1S/C30H28BrO3S/c1-20-16-24(35-19-22(3)25-11-7-9-13-27(25)35)17-21(2)29(20)33-18-28(32)34-30(4,5)15-14-23-10-6-8-12-26(23)31/h6-13,16-17,19H,18H2,1-5H3/q+1. The van der Waals surface area contributed by atoms with Crippen LogP contribution >= 0.6 is 26.4 Å². The van der Waals surface area contributed by atoms with Gasteiger partial charge >= 0.3 is 5.97 Å². The van der Waals surface area contributed by atoms with Crippen LogP contribution in [0.25, 0.3) is 15.0 Å². The summed E-state index contributed by atoms with van der Waals surface area (Å²) < 4.78 is 13.8. The molecule has 0 aliphatic heterocycles. The molecule has 0 N–H and O–H groups in total. The van der Waals surface area contributed by atoms with Crippen molar-refractivity contribution >= 4 is 42.5 Å². The molecule has 3 aromatic carbocycles. The van der Waals surface area contributed by atoms with E-state index in [9.17, 15) is 4.79 Å². The molecule has 0 aliphatic carbocycles. The van der Waals surface area contributed by atoms with Crippen molar-refractivity contribution in [2.75, 3.05) is 6.61 Å². The first kappa shape index (κ1) is 25.0. The highest BCUT2D eigenvalue weighted by Crippen LogP contribution is 2.43. The zero-order valence-electron chi connectivity index (χ0n) is 20.6. The highest BCUT2D eigenvalue weighted by molar-refractivity contribution is 9.10. The quantitative estimate of drug-likeness (QED) is 0.144. The lowest BCUT2D eigenvalue weighted by Gasteiger charge is -2.19. The number of aryl methyl sites for hydroxylation is 3. The van der Waals surface area contributed by atoms with Crippen LogP contribution in [0.5, 0.6) is 5.75 Å². The number of carbonyl (C=O) groups excluding carboxylic acids is 1. The number of benzene rings is 3. The molecule has 178 valence electrons. The Bertz CT molecular complexity index is 1450. The van der Waals surface area contributed by atoms with Gasteiger partial charge in [-0.15, -0.1) is 0 Å². The van der Waals surface area contributed by atoms with Gasteiger partial charge in [0.25, 0.3) is 0 Å². The Kier molecular flexibility index (Phi) is 7.35. The molecule has 4 rings (SSSR count). The van der Waals surface area contributed by atoms with Gasteiger partial charge in [-0.25, -0.2) is 4.79 Å². The van der Waals surface area contributed by atoms with Gasteiger partial charge in [-0.1, -0.05) is 36.1 Å². The number of halogens is 1. The lowest BCUT2D eigenvalue weighted by Crippen LogP contribution is -2.29. The number of esters is 1. The van der Waals surface area contributed by atoms with Gasteiger partial charge in [-0.3, -0.25) is 0 Å². The van der Waals surface area contributed by atoms with Gasteiger partial charge in [0.2, 0.25) is 0 Å². The Hall–Kier alpha value is -3.07. The molecule has 0 aliphatic rings. The van der Waals surface area contributed by atoms with E-state index >= 15 is 0 Å². The number of hydrogen-bond acceptors (Lipinski definition) is 3. The summed E-state index contributed by atoms with van der Waals surface area (Å²) >= 11 is 3.48. The molecule has 1 unspecified atom stereocenters. The van der Waals surface area contributed by atoms with E-state index in [2.05, 4.69) is 76.5 Å². The molecule has 1 atom stereocenters. The lowest BCUT2D eigenvalue weighted by atomic mass is 10.1. The average Bonchev–Trinajstić information content (AvgIpc) is 3.14. The largest absolute Gasteiger partial charge is 0.481 e. The molecule has 0 fully saturated rings. The molecular formula is C30H28BrO3S+. The van der Waals surface area contributed by atoms with Crippen LogP contribution in [0.15, 0.2) is 70.5 Å². The number of thiophene rings is 1. The monoisotopic (exact) mass is 547 g/mol. The topological polar surface area (TPSA) is 35.5 Å². The predicted octanol–water partition coefficient (Wildman–Crippen LogP) is 8.02. The fourth-order valence-electron chi connectivity index (χ4n) is 4.00. The normalized spacial score (nSPS) is 11.7. The number of fused-ring (bicyclic) bond motifs is 1. The average molecular weight is 549 g/mol. The highest BCUT2D eigenvalue weighted by atomic mass is 79.9. The number of hydrogen-bond donors (Lipinski definition) is 0. The van der Waals surface area contributed by atoms with E-state index < -0.39 is 11.6 Å². The molecule has 1 heterocycles. The highest BCUT2D eigenvalue weighted by Gasteiger charge is 2.23. The minimum atomic E-state index is -0.940. The molecule has 0 amide bonds. The van der Waals surface area contributed by atoms with Crippen LogP contribution in [0.2, 0.25) is 0 Å². The fraction of sp³-hybridized carbons (Fsp3) is 0.233. The molecule has 0 saturated carbocycles. The van der Waals surface area contributed by atoms with Crippen LogP contribution in [-0.2, 0) is 9.53 Å². The Morgan fingerprint density at radius 2 is 1.63 bits per heavy atom. The van der Waals surface area contributed by atoms with Crippen LogP contribution in [0.3, 0.4) is 0 Å². The van der Waals surface area contributed by atoms with E-state index in [1.165, 1.54) is 20.5 Å². The first-order valence-corrected chi connectivity index (χ1v) is 13.5. The summed E-state index contributed by atoms with van der Waals surface area (Å²) in [5, 5.41) is 3.66. The molecular weight excluding hydrogens is 520 g/mol. The second-order valence-electron chi connectivity index (χ2n) is 9.02. The second-order valence-corrected chi connectivity index (χ2v) is 11.7. The Balaban J connectivity index is 1.46. The third kappa shape index (κ3) is 5.78. The Morgan fingerprint density at radius 3 is 2.34 bits per heavy atom. The molecule has 0 bridgehead atoms. The van der Waals surface area contributed by atoms with E-state index in [-0.39, 0.29) is 17.1 Å². The van der Waals surface area contributed by atoms with Crippen molar-refractivity contribution in [1.29, 1.82) is 0 Å². The third-order valence-corrected chi connectivity index (χ3v) is 8.46. The molecule has 0 radical (unpaired) electrons. The van der Waals surface area contributed by atoms with Crippen LogP contribution in [-0.4, -0.2) is 18.2 Å². The van der Waals surface area contributed by atoms with Crippen LogP contribution in [0.1, 0.15) is 36.1 Å². The van der Waals surface area contributed by atoms with Crippen molar-refractivity contribution in [2.24, 2.45) is 0 Å². The van der Waals surface area contributed by atoms with Crippen molar-refractivity contribution in [2.45, 2.75) is 40.2 Å². The first-order chi connectivity index (χ1) is 16.6. The van der Waals surface area contributed by atoms with E-state index in [0.29, 0.717) is 0 Å². The third-order valence-electron chi connectivity index (χ3n) is 5.61. The summed E-state index contributed by atoms with van der Waals surface area (Å²) in [5.74, 6) is 6.38. The summed E-state index contributed by atoms with van der Waals surface area (Å²) in [6, 6.07) is 20.6. The van der Waals surface area contributed by atoms with Gasteiger partial charge in [-0.05, 0) is 85.9 Å². The maximum atomic E-state index is 12.6. The van der Waals surface area contributed by atoms with E-state index in [0.717, 1.165) is 26.9 Å². The molecule has 0 spiro atoms. The van der Waals surface area contributed by atoms with Crippen molar-refractivity contribution in [3.63, 3.8) is 0 Å². The molecule has 4 aromatic rings. The number of carbonyl (C=O) groups is 1. The van der Waals surface area contributed by atoms with Crippen molar-refractivity contribution < 1.29 is 14.3 Å². The zero-order valence-corrected chi connectivity index (χ0v) is 23.0. The molecule has 5 heteroatoms. The van der Waals surface area contributed by atoms with E-state index in [1.807, 2.05) is 38.1 Å². The summed E-state index contributed by atoms with van der Waals surface area (Å²) in [6.45, 7) is 9.58. The molecule has 35 heavy (non-hydrogen) atoms. The fourth-order valence-corrected chi connectivity index (χ4v) is 6.68. The lowest BCUT2D eigenvalue weighted by molar-refractivity contribution is -0.154. The summed E-state index contributed by atoms with van der Waals surface area (Å²) in [7, 11) is -0.0985. The second kappa shape index (κ2) is 10.3. The van der Waals surface area contributed by atoms with Gasteiger partial charge in [0.05, 0.1) is 0 Å². The van der Waals surface area contributed by atoms with Gasteiger partial charge in [0.1, 0.15) is 11.1 Å².